The second-order valence-electron chi connectivity index (χ2n) is 4.43. The van der Waals surface area contributed by atoms with Gasteiger partial charge in [-0.25, -0.2) is 9.78 Å². The van der Waals surface area contributed by atoms with E-state index in [0.29, 0.717) is 31.3 Å². The minimum Gasteiger partial charge on any atom is -0.480 e. The summed E-state index contributed by atoms with van der Waals surface area (Å²) in [5.74, 6) is -0.0721. The van der Waals surface area contributed by atoms with E-state index in [1.807, 2.05) is 6.92 Å². The fraction of sp³-hybridized carbons (Fsp3) is 0.583. The van der Waals surface area contributed by atoms with Crippen LogP contribution in [-0.2, 0) is 4.79 Å². The van der Waals surface area contributed by atoms with Crippen LogP contribution in [0.4, 0.5) is 5.95 Å². The van der Waals surface area contributed by atoms with Crippen molar-refractivity contribution in [3.63, 3.8) is 0 Å². The highest BCUT2D eigenvalue weighted by atomic mass is 16.5. The fourth-order valence-electron chi connectivity index (χ4n) is 1.83. The minimum atomic E-state index is -0.899. The van der Waals surface area contributed by atoms with Gasteiger partial charge in [-0.3, -0.25) is 0 Å². The monoisotopic (exact) mass is 251 g/mol. The molecule has 0 atom stereocenters. The summed E-state index contributed by atoms with van der Waals surface area (Å²) in [5, 5.41) is 12.1. The maximum Gasteiger partial charge on any atom is 0.329 e. The molecule has 1 aromatic heterocycles. The molecular formula is C12H17N3O3. The number of aromatic nitrogens is 2. The van der Waals surface area contributed by atoms with Crippen LogP contribution in [0.1, 0.15) is 32.6 Å². The number of hydrogen-bond acceptors (Lipinski definition) is 5. The number of nitrogens with zero attached hydrogens (tertiary/aromatic N) is 2. The lowest BCUT2D eigenvalue weighted by Crippen LogP contribution is -2.52. The Morgan fingerprint density at radius 1 is 1.61 bits per heavy atom. The van der Waals surface area contributed by atoms with Crippen molar-refractivity contribution >= 4 is 11.9 Å². The first-order chi connectivity index (χ1) is 8.66. The zero-order valence-corrected chi connectivity index (χ0v) is 10.3. The van der Waals surface area contributed by atoms with Crippen LogP contribution in [0.15, 0.2) is 12.3 Å². The van der Waals surface area contributed by atoms with Gasteiger partial charge >= 0.3 is 5.97 Å². The molecule has 1 aliphatic rings. The van der Waals surface area contributed by atoms with Gasteiger partial charge in [-0.1, -0.05) is 6.92 Å². The van der Waals surface area contributed by atoms with Crippen LogP contribution in [0.5, 0.6) is 5.88 Å². The number of nitrogens with one attached hydrogen (secondary N) is 1. The van der Waals surface area contributed by atoms with E-state index in [0.717, 1.165) is 12.8 Å². The Hall–Kier alpha value is -1.85. The Morgan fingerprint density at radius 3 is 2.94 bits per heavy atom. The second kappa shape index (κ2) is 5.20. The number of carboxylic acids is 1. The molecular weight excluding hydrogens is 234 g/mol. The standard InChI is InChI=1S/C12H17N3O3/c1-2-8-18-9-4-7-13-11(14-9)15-12(10(16)17)5-3-6-12/h4,7H,2-3,5-6,8H2,1H3,(H,16,17)(H,13,14,15). The van der Waals surface area contributed by atoms with Crippen LogP contribution in [0.3, 0.4) is 0 Å². The van der Waals surface area contributed by atoms with Crippen LogP contribution in [0.2, 0.25) is 0 Å². The van der Waals surface area contributed by atoms with Gasteiger partial charge in [-0.15, -0.1) is 0 Å². The smallest absolute Gasteiger partial charge is 0.329 e. The van der Waals surface area contributed by atoms with E-state index in [2.05, 4.69) is 15.3 Å². The molecule has 6 heteroatoms. The van der Waals surface area contributed by atoms with E-state index in [4.69, 9.17) is 4.74 Å². The number of hydrogen-bond donors (Lipinski definition) is 2. The average molecular weight is 251 g/mol. The number of rotatable bonds is 6. The van der Waals surface area contributed by atoms with Gasteiger partial charge in [0.15, 0.2) is 0 Å². The highest BCUT2D eigenvalue weighted by Gasteiger charge is 2.45. The third kappa shape index (κ3) is 2.52. The van der Waals surface area contributed by atoms with Gasteiger partial charge in [0.1, 0.15) is 5.54 Å². The van der Waals surface area contributed by atoms with E-state index in [1.165, 1.54) is 0 Å². The van der Waals surface area contributed by atoms with E-state index < -0.39 is 11.5 Å². The fourth-order valence-corrected chi connectivity index (χ4v) is 1.83. The van der Waals surface area contributed by atoms with Crippen molar-refractivity contribution in [3.8, 4) is 5.88 Å². The van der Waals surface area contributed by atoms with E-state index in [1.54, 1.807) is 12.3 Å². The van der Waals surface area contributed by atoms with Gasteiger partial charge in [0, 0.05) is 12.3 Å². The summed E-state index contributed by atoms with van der Waals surface area (Å²) in [7, 11) is 0. The largest absolute Gasteiger partial charge is 0.480 e. The van der Waals surface area contributed by atoms with E-state index in [-0.39, 0.29) is 0 Å². The maximum atomic E-state index is 11.2. The molecule has 0 unspecified atom stereocenters. The summed E-state index contributed by atoms with van der Waals surface area (Å²) in [6, 6.07) is 1.66. The third-order valence-electron chi connectivity index (χ3n) is 3.05. The lowest BCUT2D eigenvalue weighted by molar-refractivity contribution is -0.145. The number of carbonyl (C=O) groups is 1. The molecule has 1 heterocycles. The summed E-state index contributed by atoms with van der Waals surface area (Å²) < 4.78 is 5.38. The first-order valence-electron chi connectivity index (χ1n) is 6.14. The minimum absolute atomic E-state index is 0.311. The summed E-state index contributed by atoms with van der Waals surface area (Å²) in [5.41, 5.74) is -0.899. The van der Waals surface area contributed by atoms with E-state index in [9.17, 15) is 9.90 Å². The summed E-state index contributed by atoms with van der Waals surface area (Å²) >= 11 is 0. The Bertz CT molecular complexity index is 432. The van der Waals surface area contributed by atoms with Crippen molar-refractivity contribution in [1.29, 1.82) is 0 Å². The number of ether oxygens (including phenoxy) is 1. The van der Waals surface area contributed by atoms with Crippen molar-refractivity contribution in [3.05, 3.63) is 12.3 Å². The molecule has 0 aromatic carbocycles. The van der Waals surface area contributed by atoms with Crippen molar-refractivity contribution in [2.45, 2.75) is 38.1 Å². The molecule has 18 heavy (non-hydrogen) atoms. The quantitative estimate of drug-likeness (QED) is 0.800. The van der Waals surface area contributed by atoms with Crippen LogP contribution in [0.25, 0.3) is 0 Å². The lowest BCUT2D eigenvalue weighted by Gasteiger charge is -2.38. The molecule has 1 saturated carbocycles. The molecule has 1 aliphatic carbocycles. The zero-order valence-electron chi connectivity index (χ0n) is 10.3. The number of anilines is 1. The molecule has 1 aromatic rings. The molecule has 0 spiro atoms. The SMILES string of the molecule is CCCOc1ccnc(NC2(C(=O)O)CCC2)n1. The molecule has 2 rings (SSSR count). The molecule has 0 aliphatic heterocycles. The molecule has 2 N–H and O–H groups in total. The number of carboxylic acid groups (broad SMARTS) is 1. The molecule has 0 saturated heterocycles. The van der Waals surface area contributed by atoms with Crippen LogP contribution >= 0.6 is 0 Å². The van der Waals surface area contributed by atoms with Crippen LogP contribution < -0.4 is 10.1 Å². The Kier molecular flexibility index (Phi) is 3.64. The topological polar surface area (TPSA) is 84.3 Å². The van der Waals surface area contributed by atoms with Crippen LogP contribution in [0, 0.1) is 0 Å². The molecule has 0 radical (unpaired) electrons. The average Bonchev–Trinajstić information content (AvgIpc) is 2.31. The Labute approximate surface area is 105 Å². The Morgan fingerprint density at radius 2 is 2.39 bits per heavy atom. The Balaban J connectivity index is 2.06. The highest BCUT2D eigenvalue weighted by molar-refractivity contribution is 5.83. The van der Waals surface area contributed by atoms with Crippen molar-refractivity contribution in [2.24, 2.45) is 0 Å². The van der Waals surface area contributed by atoms with Crippen molar-refractivity contribution in [1.82, 2.24) is 9.97 Å². The van der Waals surface area contributed by atoms with Gasteiger partial charge in [0.2, 0.25) is 11.8 Å². The summed E-state index contributed by atoms with van der Waals surface area (Å²) in [4.78, 5) is 19.4. The molecule has 6 nitrogen and oxygen atoms in total. The summed E-state index contributed by atoms with van der Waals surface area (Å²) in [6.07, 6.45) is 4.57. The third-order valence-corrected chi connectivity index (χ3v) is 3.05. The normalized spacial score (nSPS) is 16.7. The lowest BCUT2D eigenvalue weighted by atomic mass is 9.77. The van der Waals surface area contributed by atoms with Gasteiger partial charge in [-0.2, -0.15) is 4.98 Å². The zero-order chi connectivity index (χ0) is 13.0. The molecule has 1 fully saturated rings. The van der Waals surface area contributed by atoms with Crippen LogP contribution in [-0.4, -0.2) is 33.2 Å². The van der Waals surface area contributed by atoms with Gasteiger partial charge in [-0.05, 0) is 25.7 Å². The van der Waals surface area contributed by atoms with Gasteiger partial charge in [0.05, 0.1) is 6.61 Å². The highest BCUT2D eigenvalue weighted by Crippen LogP contribution is 2.34. The predicted molar refractivity (Wildman–Crippen MR) is 65.7 cm³/mol. The first kappa shape index (κ1) is 12.6. The van der Waals surface area contributed by atoms with Crippen molar-refractivity contribution in [2.75, 3.05) is 11.9 Å². The maximum absolute atomic E-state index is 11.2. The first-order valence-corrected chi connectivity index (χ1v) is 6.14. The van der Waals surface area contributed by atoms with Gasteiger partial charge < -0.3 is 15.2 Å². The second-order valence-corrected chi connectivity index (χ2v) is 4.43. The molecule has 0 amide bonds. The van der Waals surface area contributed by atoms with E-state index >= 15 is 0 Å². The number of aliphatic carboxylic acids is 1. The summed E-state index contributed by atoms with van der Waals surface area (Å²) in [6.45, 7) is 2.59. The molecule has 0 bridgehead atoms. The molecule has 98 valence electrons. The van der Waals surface area contributed by atoms with Gasteiger partial charge in [0.25, 0.3) is 0 Å². The van der Waals surface area contributed by atoms with Crippen molar-refractivity contribution < 1.29 is 14.6 Å². The predicted octanol–water partition coefficient (Wildman–Crippen LogP) is 1.68.